The van der Waals surface area contributed by atoms with Crippen LogP contribution in [0.4, 0.5) is 0 Å². The predicted octanol–water partition coefficient (Wildman–Crippen LogP) is 7.11. The molecule has 2 nitrogen and oxygen atoms in total. The molecule has 1 saturated carbocycles. The summed E-state index contributed by atoms with van der Waals surface area (Å²) >= 11 is 0. The lowest BCUT2D eigenvalue weighted by Gasteiger charge is -2.12. The number of aryl methyl sites for hydroxylation is 1. The molecule has 2 rings (SSSR count). The maximum atomic E-state index is 11.9. The number of ether oxygens (including phenoxy) is 1. The van der Waals surface area contributed by atoms with Crippen LogP contribution in [0.3, 0.4) is 0 Å². The first kappa shape index (κ1) is 21.7. The van der Waals surface area contributed by atoms with Gasteiger partial charge in [0.2, 0.25) is 0 Å². The first-order chi connectivity index (χ1) is 13.2. The second-order valence-electron chi connectivity index (χ2n) is 8.04. The average Bonchev–Trinajstić information content (AvgIpc) is 3.51. The number of carbonyl (C=O) groups is 1. The van der Waals surface area contributed by atoms with E-state index in [0.29, 0.717) is 6.42 Å². The highest BCUT2D eigenvalue weighted by atomic mass is 16.5. The van der Waals surface area contributed by atoms with Gasteiger partial charge in [-0.2, -0.15) is 0 Å². The van der Waals surface area contributed by atoms with E-state index in [1.807, 2.05) is 6.08 Å². The van der Waals surface area contributed by atoms with Crippen LogP contribution in [-0.4, -0.2) is 12.1 Å². The zero-order valence-electron chi connectivity index (χ0n) is 17.4. The Labute approximate surface area is 166 Å². The molecule has 0 heterocycles. The topological polar surface area (TPSA) is 26.3 Å². The Morgan fingerprint density at radius 3 is 2.44 bits per heavy atom. The van der Waals surface area contributed by atoms with Crippen LogP contribution >= 0.6 is 0 Å². The number of hydrogen-bond donors (Lipinski definition) is 0. The van der Waals surface area contributed by atoms with Crippen molar-refractivity contribution in [3.63, 3.8) is 0 Å². The zero-order chi connectivity index (χ0) is 19.3. The smallest absolute Gasteiger partial charge is 0.306 e. The van der Waals surface area contributed by atoms with Gasteiger partial charge in [0.25, 0.3) is 0 Å². The summed E-state index contributed by atoms with van der Waals surface area (Å²) in [4.78, 5) is 11.9. The number of hydrogen-bond acceptors (Lipinski definition) is 2. The molecule has 0 amide bonds. The first-order valence-electron chi connectivity index (χ1n) is 11.2. The minimum atomic E-state index is -0.112. The van der Waals surface area contributed by atoms with Gasteiger partial charge in [-0.05, 0) is 48.8 Å². The molecule has 1 atom stereocenters. The fraction of sp³-hybridized carbons (Fsp3) is 0.640. The molecule has 0 spiro atoms. The fourth-order valence-electron chi connectivity index (χ4n) is 3.34. The van der Waals surface area contributed by atoms with Gasteiger partial charge in [0.05, 0.1) is 0 Å². The third-order valence-electron chi connectivity index (χ3n) is 5.44. The van der Waals surface area contributed by atoms with Crippen LogP contribution in [-0.2, 0) is 16.0 Å². The van der Waals surface area contributed by atoms with E-state index in [1.54, 1.807) is 0 Å². The fourth-order valence-corrected chi connectivity index (χ4v) is 3.34. The summed E-state index contributed by atoms with van der Waals surface area (Å²) < 4.78 is 5.59. The molecular formula is C25H38O2. The van der Waals surface area contributed by atoms with Gasteiger partial charge in [0.1, 0.15) is 6.10 Å². The molecule has 0 bridgehead atoms. The van der Waals surface area contributed by atoms with Crippen molar-refractivity contribution in [2.45, 2.75) is 97.0 Å². The van der Waals surface area contributed by atoms with E-state index in [9.17, 15) is 4.79 Å². The van der Waals surface area contributed by atoms with E-state index in [0.717, 1.165) is 18.8 Å². The molecule has 0 N–H and O–H groups in total. The van der Waals surface area contributed by atoms with Crippen molar-refractivity contribution in [1.29, 1.82) is 0 Å². The number of carbonyl (C=O) groups excluding carboxylic acids is 1. The van der Waals surface area contributed by atoms with Crippen molar-refractivity contribution >= 4 is 12.0 Å². The molecule has 0 aromatic heterocycles. The summed E-state index contributed by atoms with van der Waals surface area (Å²) in [5.41, 5.74) is 2.59. The molecule has 1 aliphatic rings. The highest BCUT2D eigenvalue weighted by molar-refractivity contribution is 5.70. The second-order valence-corrected chi connectivity index (χ2v) is 8.04. The van der Waals surface area contributed by atoms with Crippen LogP contribution in [0.1, 0.15) is 95.6 Å². The molecule has 0 aliphatic heterocycles. The minimum absolute atomic E-state index is 0.0484. The van der Waals surface area contributed by atoms with Gasteiger partial charge in [-0.15, -0.1) is 0 Å². The van der Waals surface area contributed by atoms with E-state index >= 15 is 0 Å². The van der Waals surface area contributed by atoms with Gasteiger partial charge in [-0.3, -0.25) is 4.79 Å². The Balaban J connectivity index is 1.68. The summed E-state index contributed by atoms with van der Waals surface area (Å²) in [6.45, 7) is 4.32. The Kier molecular flexibility index (Phi) is 10.3. The largest absolute Gasteiger partial charge is 0.458 e. The predicted molar refractivity (Wildman–Crippen MR) is 115 cm³/mol. The van der Waals surface area contributed by atoms with Gasteiger partial charge >= 0.3 is 5.97 Å². The maximum Gasteiger partial charge on any atom is 0.306 e. The normalized spacial score (nSPS) is 15.2. The van der Waals surface area contributed by atoms with Crippen molar-refractivity contribution in [3.05, 3.63) is 41.5 Å². The lowest BCUT2D eigenvalue weighted by atomic mass is 10.0. The van der Waals surface area contributed by atoms with E-state index < -0.39 is 0 Å². The molecule has 1 aliphatic carbocycles. The summed E-state index contributed by atoms with van der Waals surface area (Å²) in [7, 11) is 0. The van der Waals surface area contributed by atoms with Crippen LogP contribution in [0.15, 0.2) is 30.3 Å². The van der Waals surface area contributed by atoms with Crippen LogP contribution in [0.5, 0.6) is 0 Å². The lowest BCUT2D eigenvalue weighted by Crippen LogP contribution is -2.15. The van der Waals surface area contributed by atoms with E-state index in [-0.39, 0.29) is 12.1 Å². The summed E-state index contributed by atoms with van der Waals surface area (Å²) in [5.74, 6) is 0.732. The SMILES string of the molecule is CCCCCCCCc1ccc(C=CC(CC)OC(=O)CCC2CC2)cc1. The number of esters is 1. The molecule has 27 heavy (non-hydrogen) atoms. The van der Waals surface area contributed by atoms with Crippen molar-refractivity contribution in [2.24, 2.45) is 5.92 Å². The highest BCUT2D eigenvalue weighted by Gasteiger charge is 2.22. The minimum Gasteiger partial charge on any atom is -0.458 e. The molecular weight excluding hydrogens is 332 g/mol. The number of unbranched alkanes of at least 4 members (excludes halogenated alkanes) is 5. The Morgan fingerprint density at radius 1 is 1.07 bits per heavy atom. The van der Waals surface area contributed by atoms with Crippen LogP contribution in [0.2, 0.25) is 0 Å². The number of benzene rings is 1. The molecule has 0 saturated heterocycles. The second kappa shape index (κ2) is 12.8. The third-order valence-corrected chi connectivity index (χ3v) is 5.44. The molecule has 1 fully saturated rings. The number of rotatable bonds is 14. The molecule has 1 aromatic carbocycles. The summed E-state index contributed by atoms with van der Waals surface area (Å²) in [5, 5.41) is 0. The van der Waals surface area contributed by atoms with Crippen molar-refractivity contribution in [2.75, 3.05) is 0 Å². The third kappa shape index (κ3) is 9.79. The maximum absolute atomic E-state index is 11.9. The van der Waals surface area contributed by atoms with Crippen LogP contribution in [0.25, 0.3) is 6.08 Å². The van der Waals surface area contributed by atoms with E-state index in [1.165, 1.54) is 68.9 Å². The summed E-state index contributed by atoms with van der Waals surface area (Å²) in [6, 6.07) is 8.80. The van der Waals surface area contributed by atoms with Gasteiger partial charge in [-0.1, -0.05) is 89.1 Å². The lowest BCUT2D eigenvalue weighted by molar-refractivity contribution is -0.147. The highest BCUT2D eigenvalue weighted by Crippen LogP contribution is 2.33. The quantitative estimate of drug-likeness (QED) is 0.257. The Hall–Kier alpha value is -1.57. The molecule has 1 unspecified atom stereocenters. The van der Waals surface area contributed by atoms with Crippen LogP contribution in [0, 0.1) is 5.92 Å². The Morgan fingerprint density at radius 2 is 1.78 bits per heavy atom. The van der Waals surface area contributed by atoms with Crippen LogP contribution < -0.4 is 0 Å². The van der Waals surface area contributed by atoms with E-state index in [2.05, 4.69) is 44.2 Å². The monoisotopic (exact) mass is 370 g/mol. The van der Waals surface area contributed by atoms with Gasteiger partial charge in [0, 0.05) is 6.42 Å². The van der Waals surface area contributed by atoms with E-state index in [4.69, 9.17) is 4.74 Å². The van der Waals surface area contributed by atoms with Crippen molar-refractivity contribution in [1.82, 2.24) is 0 Å². The summed E-state index contributed by atoms with van der Waals surface area (Å²) in [6.07, 6.45) is 18.2. The molecule has 150 valence electrons. The average molecular weight is 371 g/mol. The zero-order valence-corrected chi connectivity index (χ0v) is 17.4. The molecule has 1 aromatic rings. The Bertz CT molecular complexity index is 554. The molecule has 0 radical (unpaired) electrons. The standard InChI is InChI=1S/C25H38O2/c1-3-5-6-7-8-9-10-21-11-13-22(14-12-21)17-19-24(4-2)27-25(26)20-18-23-15-16-23/h11-14,17,19,23-24H,3-10,15-16,18,20H2,1-2H3. The van der Waals surface area contributed by atoms with Crippen molar-refractivity contribution in [3.8, 4) is 0 Å². The van der Waals surface area contributed by atoms with Crippen molar-refractivity contribution < 1.29 is 9.53 Å². The molecule has 2 heteroatoms. The first-order valence-corrected chi connectivity index (χ1v) is 11.2. The van der Waals surface area contributed by atoms with Gasteiger partial charge in [-0.25, -0.2) is 0 Å². The van der Waals surface area contributed by atoms with Gasteiger partial charge in [0.15, 0.2) is 0 Å². The van der Waals surface area contributed by atoms with Gasteiger partial charge < -0.3 is 4.74 Å².